The zero-order chi connectivity index (χ0) is 8.10. The number of aliphatic hydroxyl groups excluding tert-OH is 1. The Morgan fingerprint density at radius 3 is 2.64 bits per heavy atom. The normalized spacial score (nSPS) is 10.0. The molecule has 0 saturated heterocycles. The summed E-state index contributed by atoms with van der Waals surface area (Å²) in [6, 6.07) is 7.96. The van der Waals surface area contributed by atoms with E-state index >= 15 is 0 Å². The fourth-order valence-electron chi connectivity index (χ4n) is 0.992. The van der Waals surface area contributed by atoms with Crippen LogP contribution in [-0.2, 0) is 6.42 Å². The average Bonchev–Trinajstić information content (AvgIpc) is 2.03. The highest BCUT2D eigenvalue weighted by atomic mass is 32.1. The lowest BCUT2D eigenvalue weighted by Crippen LogP contribution is -1.89. The molecule has 0 spiro atoms. The van der Waals surface area contributed by atoms with Crippen LogP contribution >= 0.6 is 12.6 Å². The summed E-state index contributed by atoms with van der Waals surface area (Å²) < 4.78 is 0. The molecule has 1 nitrogen and oxygen atoms in total. The van der Waals surface area contributed by atoms with Crippen molar-refractivity contribution < 1.29 is 5.11 Å². The van der Waals surface area contributed by atoms with Crippen molar-refractivity contribution in [2.24, 2.45) is 0 Å². The fourth-order valence-corrected chi connectivity index (χ4v) is 1.26. The Morgan fingerprint density at radius 1 is 1.27 bits per heavy atom. The Morgan fingerprint density at radius 2 is 2.00 bits per heavy atom. The summed E-state index contributed by atoms with van der Waals surface area (Å²) in [4.78, 5) is 1.01. The van der Waals surface area contributed by atoms with Gasteiger partial charge < -0.3 is 5.11 Å². The van der Waals surface area contributed by atoms with Gasteiger partial charge in [-0.1, -0.05) is 18.2 Å². The molecule has 0 fully saturated rings. The van der Waals surface area contributed by atoms with Gasteiger partial charge in [-0.05, 0) is 24.5 Å². The van der Waals surface area contributed by atoms with Gasteiger partial charge in [-0.15, -0.1) is 12.6 Å². The summed E-state index contributed by atoms with van der Waals surface area (Å²) in [7, 11) is 0. The first-order chi connectivity index (χ1) is 5.34. The first-order valence-electron chi connectivity index (χ1n) is 3.72. The van der Waals surface area contributed by atoms with Gasteiger partial charge in [-0.2, -0.15) is 0 Å². The second-order valence-corrected chi connectivity index (χ2v) is 2.94. The van der Waals surface area contributed by atoms with E-state index in [1.54, 1.807) is 0 Å². The predicted octanol–water partition coefficient (Wildman–Crippen LogP) is 1.90. The summed E-state index contributed by atoms with van der Waals surface area (Å²) in [5, 5.41) is 8.59. The Balaban J connectivity index is 2.62. The van der Waals surface area contributed by atoms with Gasteiger partial charge in [0.05, 0.1) is 0 Å². The smallest absolute Gasteiger partial charge is 0.0434 e. The number of rotatable bonds is 3. The van der Waals surface area contributed by atoms with Crippen molar-refractivity contribution in [1.29, 1.82) is 0 Å². The minimum atomic E-state index is 0.252. The van der Waals surface area contributed by atoms with Crippen LogP contribution in [0.1, 0.15) is 12.0 Å². The molecule has 0 aliphatic heterocycles. The van der Waals surface area contributed by atoms with Crippen LogP contribution in [-0.4, -0.2) is 11.7 Å². The highest BCUT2D eigenvalue weighted by molar-refractivity contribution is 7.80. The molecule has 0 aromatic heterocycles. The molecule has 1 aromatic carbocycles. The highest BCUT2D eigenvalue weighted by Gasteiger charge is 1.95. The maximum atomic E-state index is 8.59. The van der Waals surface area contributed by atoms with Gasteiger partial charge in [0.15, 0.2) is 0 Å². The third kappa shape index (κ3) is 2.56. The van der Waals surface area contributed by atoms with E-state index in [4.69, 9.17) is 5.11 Å². The molecule has 0 atom stereocenters. The van der Waals surface area contributed by atoms with E-state index < -0.39 is 0 Å². The molecule has 0 bridgehead atoms. The van der Waals surface area contributed by atoms with Crippen molar-refractivity contribution >= 4 is 12.6 Å². The molecule has 0 aliphatic carbocycles. The first-order valence-corrected chi connectivity index (χ1v) is 4.17. The van der Waals surface area contributed by atoms with E-state index in [2.05, 4.69) is 12.6 Å². The van der Waals surface area contributed by atoms with E-state index in [9.17, 15) is 0 Å². The van der Waals surface area contributed by atoms with Gasteiger partial charge in [0, 0.05) is 11.5 Å². The van der Waals surface area contributed by atoms with E-state index in [-0.39, 0.29) is 6.61 Å². The predicted molar refractivity (Wildman–Crippen MR) is 49.1 cm³/mol. The lowest BCUT2D eigenvalue weighted by atomic mass is 10.1. The fraction of sp³-hybridized carbons (Fsp3) is 0.333. The number of hydrogen-bond acceptors (Lipinski definition) is 2. The summed E-state index contributed by atoms with van der Waals surface area (Å²) in [5.41, 5.74) is 1.21. The van der Waals surface area contributed by atoms with Crippen molar-refractivity contribution in [1.82, 2.24) is 0 Å². The van der Waals surface area contributed by atoms with Gasteiger partial charge in [-0.25, -0.2) is 0 Å². The van der Waals surface area contributed by atoms with Gasteiger partial charge >= 0.3 is 0 Å². The molecule has 1 N–H and O–H groups in total. The van der Waals surface area contributed by atoms with Crippen LogP contribution in [0.25, 0.3) is 0 Å². The Hall–Kier alpha value is -0.470. The molecule has 2 heteroatoms. The van der Waals surface area contributed by atoms with Crippen LogP contribution < -0.4 is 0 Å². The minimum absolute atomic E-state index is 0.252. The van der Waals surface area contributed by atoms with Crippen LogP contribution in [0.3, 0.4) is 0 Å². The van der Waals surface area contributed by atoms with Gasteiger partial charge in [0.1, 0.15) is 0 Å². The molecular weight excluding hydrogens is 156 g/mol. The zero-order valence-corrected chi connectivity index (χ0v) is 7.22. The van der Waals surface area contributed by atoms with E-state index in [0.29, 0.717) is 0 Å². The molecule has 0 saturated carbocycles. The molecular formula is C9H12OS. The molecule has 0 amide bonds. The van der Waals surface area contributed by atoms with Crippen molar-refractivity contribution in [3.05, 3.63) is 29.8 Å². The third-order valence-corrected chi connectivity index (χ3v) is 2.03. The Bertz CT molecular complexity index is 223. The van der Waals surface area contributed by atoms with Crippen molar-refractivity contribution in [2.45, 2.75) is 17.7 Å². The molecule has 60 valence electrons. The Labute approximate surface area is 72.5 Å². The van der Waals surface area contributed by atoms with Crippen molar-refractivity contribution in [3.63, 3.8) is 0 Å². The summed E-state index contributed by atoms with van der Waals surface area (Å²) in [5.74, 6) is 0. The van der Waals surface area contributed by atoms with Crippen molar-refractivity contribution in [3.8, 4) is 0 Å². The lowest BCUT2D eigenvalue weighted by Gasteiger charge is -2.01. The van der Waals surface area contributed by atoms with Crippen LogP contribution in [0.4, 0.5) is 0 Å². The van der Waals surface area contributed by atoms with Gasteiger partial charge in [-0.3, -0.25) is 0 Å². The number of aryl methyl sites for hydroxylation is 1. The molecule has 11 heavy (non-hydrogen) atoms. The largest absolute Gasteiger partial charge is 0.396 e. The lowest BCUT2D eigenvalue weighted by molar-refractivity contribution is 0.288. The second kappa shape index (κ2) is 4.42. The second-order valence-electron chi connectivity index (χ2n) is 2.46. The third-order valence-electron chi connectivity index (χ3n) is 1.60. The van der Waals surface area contributed by atoms with E-state index in [1.165, 1.54) is 5.56 Å². The molecule has 0 aliphatic rings. The summed E-state index contributed by atoms with van der Waals surface area (Å²) >= 11 is 4.29. The quantitative estimate of drug-likeness (QED) is 0.660. The molecule has 0 radical (unpaired) electrons. The highest BCUT2D eigenvalue weighted by Crippen LogP contribution is 2.14. The average molecular weight is 168 g/mol. The van der Waals surface area contributed by atoms with Gasteiger partial charge in [0.2, 0.25) is 0 Å². The monoisotopic (exact) mass is 168 g/mol. The maximum Gasteiger partial charge on any atom is 0.0434 e. The number of hydrogen-bond donors (Lipinski definition) is 2. The summed E-state index contributed by atoms with van der Waals surface area (Å²) in [6.45, 7) is 0.252. The minimum Gasteiger partial charge on any atom is -0.396 e. The van der Waals surface area contributed by atoms with Crippen LogP contribution in [0.2, 0.25) is 0 Å². The topological polar surface area (TPSA) is 20.2 Å². The maximum absolute atomic E-state index is 8.59. The number of aliphatic hydroxyl groups is 1. The molecule has 1 aromatic rings. The number of benzene rings is 1. The Kier molecular flexibility index (Phi) is 3.46. The van der Waals surface area contributed by atoms with Crippen LogP contribution in [0.15, 0.2) is 29.2 Å². The van der Waals surface area contributed by atoms with E-state index in [1.807, 2.05) is 24.3 Å². The van der Waals surface area contributed by atoms with E-state index in [0.717, 1.165) is 17.7 Å². The van der Waals surface area contributed by atoms with Crippen LogP contribution in [0, 0.1) is 0 Å². The standard InChI is InChI=1S/C9H12OS/c10-7-3-5-8-4-1-2-6-9(8)11/h1-2,4,6,10-11H,3,5,7H2. The first kappa shape index (κ1) is 8.62. The molecule has 1 rings (SSSR count). The van der Waals surface area contributed by atoms with Gasteiger partial charge in [0.25, 0.3) is 0 Å². The SMILES string of the molecule is OCCCc1ccccc1S. The van der Waals surface area contributed by atoms with Crippen molar-refractivity contribution in [2.75, 3.05) is 6.61 Å². The molecule has 0 heterocycles. The number of thiol groups is 1. The zero-order valence-electron chi connectivity index (χ0n) is 6.33. The molecule has 0 unspecified atom stereocenters. The van der Waals surface area contributed by atoms with Crippen LogP contribution in [0.5, 0.6) is 0 Å². The summed E-state index contributed by atoms with van der Waals surface area (Å²) in [6.07, 6.45) is 1.73.